The zero-order valence-corrected chi connectivity index (χ0v) is 16.3. The van der Waals surface area contributed by atoms with Gasteiger partial charge in [0.25, 0.3) is 5.56 Å². The molecule has 1 aromatic heterocycles. The summed E-state index contributed by atoms with van der Waals surface area (Å²) in [6.45, 7) is 2.61. The van der Waals surface area contributed by atoms with Crippen LogP contribution in [-0.2, 0) is 17.1 Å². The van der Waals surface area contributed by atoms with Gasteiger partial charge in [-0.05, 0) is 31.5 Å². The summed E-state index contributed by atoms with van der Waals surface area (Å²) in [6, 6.07) is 12.3. The maximum absolute atomic E-state index is 12.5. The molecule has 3 rings (SSSR count). The molecule has 0 N–H and O–H groups in total. The predicted molar refractivity (Wildman–Crippen MR) is 103 cm³/mol. The minimum Gasteiger partial charge on any atom is -0.492 e. The third kappa shape index (κ3) is 4.90. The van der Waals surface area contributed by atoms with Crippen LogP contribution in [0, 0.1) is 6.92 Å². The van der Waals surface area contributed by atoms with Crippen LogP contribution < -0.4 is 15.0 Å². The average Bonchev–Trinajstić information content (AvgIpc) is 3.10. The van der Waals surface area contributed by atoms with Crippen molar-refractivity contribution in [1.82, 2.24) is 8.87 Å². The Morgan fingerprint density at radius 3 is 2.59 bits per heavy atom. The van der Waals surface area contributed by atoms with E-state index in [1.807, 2.05) is 25.1 Å². The molecule has 1 unspecified atom stereocenters. The molecule has 1 saturated heterocycles. The molecular formula is C19H24N2O5S. The van der Waals surface area contributed by atoms with Crippen molar-refractivity contribution in [3.63, 3.8) is 0 Å². The first kappa shape index (κ1) is 19.4. The van der Waals surface area contributed by atoms with Crippen molar-refractivity contribution in [2.24, 2.45) is 7.05 Å². The van der Waals surface area contributed by atoms with E-state index in [-0.39, 0.29) is 30.6 Å². The Labute approximate surface area is 159 Å². The monoisotopic (exact) mass is 392 g/mol. The average molecular weight is 392 g/mol. The summed E-state index contributed by atoms with van der Waals surface area (Å²) in [6.07, 6.45) is 0.328. The Hall–Kier alpha value is -2.32. The van der Waals surface area contributed by atoms with Crippen LogP contribution in [-0.4, -0.2) is 48.8 Å². The zero-order chi connectivity index (χ0) is 19.4. The summed E-state index contributed by atoms with van der Waals surface area (Å²) in [7, 11) is -1.72. The van der Waals surface area contributed by atoms with E-state index in [2.05, 4.69) is 0 Å². The lowest BCUT2D eigenvalue weighted by Gasteiger charge is -2.18. The van der Waals surface area contributed by atoms with Crippen molar-refractivity contribution in [3.8, 4) is 11.5 Å². The number of ether oxygens (including phenoxy) is 2. The van der Waals surface area contributed by atoms with Crippen LogP contribution in [0.5, 0.6) is 11.5 Å². The molecule has 27 heavy (non-hydrogen) atoms. The van der Waals surface area contributed by atoms with Crippen molar-refractivity contribution in [2.75, 3.05) is 25.4 Å². The van der Waals surface area contributed by atoms with E-state index < -0.39 is 10.0 Å². The van der Waals surface area contributed by atoms with Gasteiger partial charge in [-0.15, -0.1) is 0 Å². The number of hydrogen-bond acceptors (Lipinski definition) is 5. The van der Waals surface area contributed by atoms with E-state index in [1.54, 1.807) is 25.2 Å². The maximum atomic E-state index is 12.5. The molecule has 1 atom stereocenters. The molecule has 0 amide bonds. The van der Waals surface area contributed by atoms with E-state index >= 15 is 0 Å². The van der Waals surface area contributed by atoms with Gasteiger partial charge in [0.15, 0.2) is 0 Å². The molecule has 146 valence electrons. The van der Waals surface area contributed by atoms with E-state index in [0.717, 1.165) is 5.69 Å². The molecule has 8 heteroatoms. The number of para-hydroxylation sites is 1. The number of pyridine rings is 1. The summed E-state index contributed by atoms with van der Waals surface area (Å²) in [4.78, 5) is 11.9. The van der Waals surface area contributed by atoms with Gasteiger partial charge < -0.3 is 14.0 Å². The topological polar surface area (TPSA) is 77.8 Å². The first-order valence-corrected chi connectivity index (χ1v) is 10.5. The Bertz CT molecular complexity index is 940. The third-order valence-electron chi connectivity index (χ3n) is 4.63. The van der Waals surface area contributed by atoms with E-state index in [4.69, 9.17) is 9.47 Å². The smallest absolute Gasteiger partial charge is 0.254 e. The second kappa shape index (κ2) is 8.14. The van der Waals surface area contributed by atoms with Gasteiger partial charge in [-0.1, -0.05) is 18.2 Å². The number of nitrogens with zero attached hydrogens (tertiary/aromatic N) is 2. The van der Waals surface area contributed by atoms with Gasteiger partial charge in [-0.25, -0.2) is 8.42 Å². The molecule has 0 radical (unpaired) electrons. The van der Waals surface area contributed by atoms with Crippen LogP contribution in [0.2, 0.25) is 0 Å². The number of sulfonamides is 1. The normalized spacial score (nSPS) is 17.8. The summed E-state index contributed by atoms with van der Waals surface area (Å²) in [5.41, 5.74) is 0.642. The summed E-state index contributed by atoms with van der Waals surface area (Å²) >= 11 is 0. The highest BCUT2D eigenvalue weighted by Crippen LogP contribution is 2.20. The lowest BCUT2D eigenvalue weighted by atomic mass is 10.3. The van der Waals surface area contributed by atoms with E-state index in [0.29, 0.717) is 24.5 Å². The summed E-state index contributed by atoms with van der Waals surface area (Å²) < 4.78 is 39.3. The number of rotatable bonds is 7. The molecule has 0 bridgehead atoms. The number of aromatic nitrogens is 1. The van der Waals surface area contributed by atoms with Crippen molar-refractivity contribution in [2.45, 2.75) is 19.4 Å². The molecular weight excluding hydrogens is 368 g/mol. The van der Waals surface area contributed by atoms with Gasteiger partial charge in [0, 0.05) is 25.4 Å². The molecule has 0 aliphatic carbocycles. The van der Waals surface area contributed by atoms with Crippen molar-refractivity contribution in [1.29, 1.82) is 0 Å². The van der Waals surface area contributed by atoms with Gasteiger partial charge in [-0.3, -0.25) is 4.79 Å². The van der Waals surface area contributed by atoms with E-state index in [9.17, 15) is 13.2 Å². The molecule has 2 heterocycles. The zero-order valence-electron chi connectivity index (χ0n) is 15.5. The van der Waals surface area contributed by atoms with Gasteiger partial charge in [0.2, 0.25) is 10.0 Å². The standard InChI is InChI=1S/C19H24N2O5S/c1-15-12-18(13-19(22)20(15)2)26-17-8-9-21(14-17)27(23,24)11-10-25-16-6-4-3-5-7-16/h3-7,12-13,17H,8-11,14H2,1-2H3. The lowest BCUT2D eigenvalue weighted by Crippen LogP contribution is -2.34. The fourth-order valence-electron chi connectivity index (χ4n) is 2.95. The van der Waals surface area contributed by atoms with Crippen molar-refractivity contribution >= 4 is 10.0 Å². The number of benzene rings is 1. The lowest BCUT2D eigenvalue weighted by molar-refractivity contribution is 0.214. The van der Waals surface area contributed by atoms with Gasteiger partial charge in [-0.2, -0.15) is 4.31 Å². The molecule has 7 nitrogen and oxygen atoms in total. The minimum atomic E-state index is -3.42. The van der Waals surface area contributed by atoms with Crippen LogP contribution in [0.1, 0.15) is 12.1 Å². The highest BCUT2D eigenvalue weighted by atomic mass is 32.2. The van der Waals surface area contributed by atoms with E-state index in [1.165, 1.54) is 14.9 Å². The van der Waals surface area contributed by atoms with Crippen LogP contribution in [0.15, 0.2) is 47.3 Å². The van der Waals surface area contributed by atoms with Crippen LogP contribution in [0.3, 0.4) is 0 Å². The van der Waals surface area contributed by atoms with Crippen LogP contribution in [0.4, 0.5) is 0 Å². The Balaban J connectivity index is 1.54. The highest BCUT2D eigenvalue weighted by Gasteiger charge is 2.32. The van der Waals surface area contributed by atoms with Crippen molar-refractivity contribution in [3.05, 3.63) is 58.5 Å². The van der Waals surface area contributed by atoms with Gasteiger partial charge in [0.1, 0.15) is 24.2 Å². The Kier molecular flexibility index (Phi) is 5.86. The molecule has 1 aromatic carbocycles. The maximum Gasteiger partial charge on any atom is 0.254 e. The second-order valence-corrected chi connectivity index (χ2v) is 8.68. The molecule has 1 aliphatic heterocycles. The third-order valence-corrected chi connectivity index (χ3v) is 6.43. The fourth-order valence-corrected chi connectivity index (χ4v) is 4.28. The van der Waals surface area contributed by atoms with Crippen molar-refractivity contribution < 1.29 is 17.9 Å². The Morgan fingerprint density at radius 2 is 1.89 bits per heavy atom. The molecule has 2 aromatic rings. The van der Waals surface area contributed by atoms with Gasteiger partial charge in [0.05, 0.1) is 12.3 Å². The summed E-state index contributed by atoms with van der Waals surface area (Å²) in [5, 5.41) is 0. The SMILES string of the molecule is Cc1cc(OC2CCN(S(=O)(=O)CCOc3ccccc3)C2)cc(=O)n1C. The number of hydrogen-bond donors (Lipinski definition) is 0. The molecule has 1 aliphatic rings. The first-order valence-electron chi connectivity index (χ1n) is 8.85. The predicted octanol–water partition coefficient (Wildman–Crippen LogP) is 1.56. The number of aryl methyl sites for hydroxylation is 1. The largest absolute Gasteiger partial charge is 0.492 e. The second-order valence-electron chi connectivity index (χ2n) is 6.59. The van der Waals surface area contributed by atoms with Crippen LogP contribution in [0.25, 0.3) is 0 Å². The molecule has 1 fully saturated rings. The first-order chi connectivity index (χ1) is 12.8. The van der Waals surface area contributed by atoms with Gasteiger partial charge >= 0.3 is 0 Å². The molecule has 0 saturated carbocycles. The highest BCUT2D eigenvalue weighted by molar-refractivity contribution is 7.89. The fraction of sp³-hybridized carbons (Fsp3) is 0.421. The quantitative estimate of drug-likeness (QED) is 0.715. The molecule has 0 spiro atoms. The minimum absolute atomic E-state index is 0.0837. The summed E-state index contributed by atoms with van der Waals surface area (Å²) in [5.74, 6) is 1.04. The Morgan fingerprint density at radius 1 is 1.15 bits per heavy atom. The van der Waals surface area contributed by atoms with Crippen LogP contribution >= 0.6 is 0 Å².